The molecule has 1 aliphatic heterocycles. The SMILES string of the molecule is O=S(=O)(c1ccc(-c2csc(NN=Cc3ccccc3)n2)cc1)N1CCCC1. The minimum absolute atomic E-state index is 0.333. The number of hydrazone groups is 1. The molecule has 8 heteroatoms. The van der Waals surface area contributed by atoms with Crippen LogP contribution in [-0.4, -0.2) is 37.0 Å². The lowest BCUT2D eigenvalue weighted by Gasteiger charge is -2.15. The summed E-state index contributed by atoms with van der Waals surface area (Å²) in [6.45, 7) is 1.21. The van der Waals surface area contributed by atoms with E-state index in [0.29, 0.717) is 23.1 Å². The molecule has 0 radical (unpaired) electrons. The van der Waals surface area contributed by atoms with E-state index in [1.165, 1.54) is 11.3 Å². The van der Waals surface area contributed by atoms with Gasteiger partial charge in [0.05, 0.1) is 16.8 Å². The summed E-state index contributed by atoms with van der Waals surface area (Å²) in [7, 11) is -3.39. The molecule has 1 saturated heterocycles. The monoisotopic (exact) mass is 412 g/mol. The third-order valence-electron chi connectivity index (χ3n) is 4.53. The predicted octanol–water partition coefficient (Wildman–Crippen LogP) is 4.04. The molecule has 1 N–H and O–H groups in total. The van der Waals surface area contributed by atoms with Crippen molar-refractivity contribution in [1.82, 2.24) is 9.29 Å². The van der Waals surface area contributed by atoms with Gasteiger partial charge in [-0.3, -0.25) is 5.43 Å². The second-order valence-corrected chi connectivity index (χ2v) is 9.25. The highest BCUT2D eigenvalue weighted by Gasteiger charge is 2.26. The van der Waals surface area contributed by atoms with E-state index in [-0.39, 0.29) is 0 Å². The fourth-order valence-corrected chi connectivity index (χ4v) is 5.22. The fraction of sp³-hybridized carbons (Fsp3) is 0.200. The van der Waals surface area contributed by atoms with Crippen LogP contribution < -0.4 is 5.43 Å². The molecule has 3 aromatic rings. The lowest BCUT2D eigenvalue weighted by Crippen LogP contribution is -2.27. The fourth-order valence-electron chi connectivity index (χ4n) is 3.03. The molecule has 1 fully saturated rings. The van der Waals surface area contributed by atoms with Crippen molar-refractivity contribution in [2.45, 2.75) is 17.7 Å². The first-order valence-corrected chi connectivity index (χ1v) is 11.4. The highest BCUT2D eigenvalue weighted by Crippen LogP contribution is 2.27. The first kappa shape index (κ1) is 18.8. The first-order valence-electron chi connectivity index (χ1n) is 9.03. The summed E-state index contributed by atoms with van der Waals surface area (Å²) >= 11 is 1.45. The minimum atomic E-state index is -3.39. The van der Waals surface area contributed by atoms with Gasteiger partial charge in [0.1, 0.15) is 0 Å². The molecule has 1 aliphatic rings. The van der Waals surface area contributed by atoms with E-state index in [9.17, 15) is 8.42 Å². The smallest absolute Gasteiger partial charge is 0.243 e. The van der Waals surface area contributed by atoms with E-state index in [0.717, 1.165) is 29.7 Å². The van der Waals surface area contributed by atoms with Crippen LogP contribution in [0.25, 0.3) is 11.3 Å². The van der Waals surface area contributed by atoms with Gasteiger partial charge in [0, 0.05) is 24.0 Å². The average Bonchev–Trinajstić information content (AvgIpc) is 3.42. The molecular formula is C20H20N4O2S2. The Hall–Kier alpha value is -2.55. The van der Waals surface area contributed by atoms with Crippen LogP contribution in [0.4, 0.5) is 5.13 Å². The summed E-state index contributed by atoms with van der Waals surface area (Å²) in [5.74, 6) is 0. The minimum Gasteiger partial charge on any atom is -0.253 e. The molecule has 0 bridgehead atoms. The van der Waals surface area contributed by atoms with Gasteiger partial charge < -0.3 is 0 Å². The normalized spacial score (nSPS) is 15.3. The first-order chi connectivity index (χ1) is 13.6. The third kappa shape index (κ3) is 4.14. The van der Waals surface area contributed by atoms with Crippen LogP contribution in [0.15, 0.2) is 70.0 Å². The quantitative estimate of drug-likeness (QED) is 0.490. The van der Waals surface area contributed by atoms with Crippen molar-refractivity contribution in [2.75, 3.05) is 18.5 Å². The second kappa shape index (κ2) is 8.22. The number of benzene rings is 2. The van der Waals surface area contributed by atoms with Crippen molar-refractivity contribution < 1.29 is 8.42 Å². The van der Waals surface area contributed by atoms with Gasteiger partial charge in [-0.25, -0.2) is 13.4 Å². The van der Waals surface area contributed by atoms with Crippen LogP contribution >= 0.6 is 11.3 Å². The van der Waals surface area contributed by atoms with Crippen LogP contribution in [0.2, 0.25) is 0 Å². The van der Waals surface area contributed by atoms with Gasteiger partial charge in [-0.05, 0) is 30.5 Å². The standard InChI is InChI=1S/C20H20N4O2S2/c25-28(26,24-12-4-5-13-24)18-10-8-17(9-11-18)19-15-27-20(22-19)23-21-14-16-6-2-1-3-7-16/h1-3,6-11,14-15H,4-5,12-13H2,(H,22,23). The molecule has 0 atom stereocenters. The zero-order valence-corrected chi connectivity index (χ0v) is 16.8. The largest absolute Gasteiger partial charge is 0.253 e. The highest BCUT2D eigenvalue weighted by atomic mass is 32.2. The van der Waals surface area contributed by atoms with Gasteiger partial charge in [-0.1, -0.05) is 42.5 Å². The molecule has 6 nitrogen and oxygen atoms in total. The lowest BCUT2D eigenvalue weighted by molar-refractivity contribution is 0.477. The van der Waals surface area contributed by atoms with Crippen molar-refractivity contribution in [3.05, 3.63) is 65.5 Å². The van der Waals surface area contributed by atoms with E-state index >= 15 is 0 Å². The molecule has 4 rings (SSSR count). The van der Waals surface area contributed by atoms with Crippen LogP contribution in [0, 0.1) is 0 Å². The number of thiazole rings is 1. The topological polar surface area (TPSA) is 74.7 Å². The Kier molecular flexibility index (Phi) is 5.52. The zero-order chi connectivity index (χ0) is 19.4. The number of rotatable bonds is 6. The maximum Gasteiger partial charge on any atom is 0.243 e. The second-order valence-electron chi connectivity index (χ2n) is 6.45. The van der Waals surface area contributed by atoms with E-state index in [1.54, 1.807) is 34.8 Å². The maximum atomic E-state index is 12.6. The molecule has 2 heterocycles. The molecule has 0 unspecified atom stereocenters. The summed E-state index contributed by atoms with van der Waals surface area (Å²) in [6.07, 6.45) is 3.59. The number of hydrogen-bond donors (Lipinski definition) is 1. The average molecular weight is 413 g/mol. The summed E-state index contributed by atoms with van der Waals surface area (Å²) in [6, 6.07) is 16.7. The van der Waals surface area contributed by atoms with Crippen LogP contribution in [0.1, 0.15) is 18.4 Å². The van der Waals surface area contributed by atoms with Crippen molar-refractivity contribution in [2.24, 2.45) is 5.10 Å². The van der Waals surface area contributed by atoms with Crippen molar-refractivity contribution in [3.8, 4) is 11.3 Å². The molecule has 28 heavy (non-hydrogen) atoms. The van der Waals surface area contributed by atoms with Gasteiger partial charge in [0.15, 0.2) is 0 Å². The summed E-state index contributed by atoms with van der Waals surface area (Å²) in [5, 5.41) is 6.80. The zero-order valence-electron chi connectivity index (χ0n) is 15.2. The van der Waals surface area contributed by atoms with Crippen LogP contribution in [0.5, 0.6) is 0 Å². The highest BCUT2D eigenvalue weighted by molar-refractivity contribution is 7.89. The molecule has 1 aromatic heterocycles. The van der Waals surface area contributed by atoms with Gasteiger partial charge in [0.2, 0.25) is 15.2 Å². The summed E-state index contributed by atoms with van der Waals surface area (Å²) in [5.41, 5.74) is 5.59. The molecule has 0 saturated carbocycles. The Balaban J connectivity index is 1.44. The number of aromatic nitrogens is 1. The van der Waals surface area contributed by atoms with Gasteiger partial charge in [-0.2, -0.15) is 9.41 Å². The van der Waals surface area contributed by atoms with Crippen molar-refractivity contribution in [3.63, 3.8) is 0 Å². The number of nitrogens with zero attached hydrogens (tertiary/aromatic N) is 3. The van der Waals surface area contributed by atoms with Crippen LogP contribution in [0.3, 0.4) is 0 Å². The Bertz CT molecular complexity index is 1060. The Morgan fingerprint density at radius 2 is 1.75 bits per heavy atom. The molecule has 0 spiro atoms. The van der Waals surface area contributed by atoms with Gasteiger partial charge >= 0.3 is 0 Å². The van der Waals surface area contributed by atoms with Crippen molar-refractivity contribution >= 4 is 32.7 Å². The van der Waals surface area contributed by atoms with Gasteiger partial charge in [-0.15, -0.1) is 11.3 Å². The predicted molar refractivity (Wildman–Crippen MR) is 113 cm³/mol. The Morgan fingerprint density at radius 1 is 1.04 bits per heavy atom. The molecular weight excluding hydrogens is 392 g/mol. The van der Waals surface area contributed by atoms with E-state index in [4.69, 9.17) is 0 Å². The molecule has 144 valence electrons. The van der Waals surface area contributed by atoms with E-state index < -0.39 is 10.0 Å². The Labute approximate surface area is 168 Å². The maximum absolute atomic E-state index is 12.6. The number of sulfonamides is 1. The molecule has 0 aliphatic carbocycles. The Morgan fingerprint density at radius 3 is 2.46 bits per heavy atom. The summed E-state index contributed by atoms with van der Waals surface area (Å²) in [4.78, 5) is 4.85. The van der Waals surface area contributed by atoms with Crippen molar-refractivity contribution in [1.29, 1.82) is 0 Å². The molecule has 2 aromatic carbocycles. The summed E-state index contributed by atoms with van der Waals surface area (Å²) < 4.78 is 26.8. The molecule has 0 amide bonds. The van der Waals surface area contributed by atoms with Gasteiger partial charge in [0.25, 0.3) is 0 Å². The van der Waals surface area contributed by atoms with E-state index in [1.807, 2.05) is 35.7 Å². The number of anilines is 1. The van der Waals surface area contributed by atoms with E-state index in [2.05, 4.69) is 15.5 Å². The number of hydrogen-bond acceptors (Lipinski definition) is 6. The van der Waals surface area contributed by atoms with Crippen LogP contribution in [-0.2, 0) is 10.0 Å². The lowest BCUT2D eigenvalue weighted by atomic mass is 10.2. The number of nitrogens with one attached hydrogen (secondary N) is 1. The third-order valence-corrected chi connectivity index (χ3v) is 7.19.